The van der Waals surface area contributed by atoms with Gasteiger partial charge in [0.05, 0.1) is 11.3 Å². The second kappa shape index (κ2) is 8.47. The van der Waals surface area contributed by atoms with Gasteiger partial charge < -0.3 is 9.80 Å². The zero-order valence-corrected chi connectivity index (χ0v) is 15.8. The number of rotatable bonds is 6. The van der Waals surface area contributed by atoms with Crippen LogP contribution in [0.5, 0.6) is 0 Å². The molecule has 4 nitrogen and oxygen atoms in total. The Labute approximate surface area is 150 Å². The molecule has 0 saturated carbocycles. The molecule has 0 radical (unpaired) electrons. The van der Waals surface area contributed by atoms with E-state index in [9.17, 15) is 4.79 Å². The predicted octanol–water partition coefficient (Wildman–Crippen LogP) is 4.38. The maximum absolute atomic E-state index is 12.7. The van der Waals surface area contributed by atoms with E-state index in [1.165, 1.54) is 0 Å². The average Bonchev–Trinajstić information content (AvgIpc) is 2.63. The fraction of sp³-hybridized carbons (Fsp3) is 0.333. The van der Waals surface area contributed by atoms with Crippen LogP contribution in [0.15, 0.2) is 53.5 Å². The first-order chi connectivity index (χ1) is 12.0. The second-order valence-electron chi connectivity index (χ2n) is 6.14. The van der Waals surface area contributed by atoms with Crippen LogP contribution in [0.3, 0.4) is 0 Å². The molecule has 0 bridgehead atoms. The molecule has 0 aliphatic heterocycles. The van der Waals surface area contributed by atoms with Gasteiger partial charge in [0.1, 0.15) is 0 Å². The number of aliphatic imine (C=N–C) groups is 1. The molecule has 2 aromatic carbocycles. The summed E-state index contributed by atoms with van der Waals surface area (Å²) in [5.41, 5.74) is 4.43. The minimum absolute atomic E-state index is 0.0270. The van der Waals surface area contributed by atoms with Crippen molar-refractivity contribution in [3.63, 3.8) is 0 Å². The highest BCUT2D eigenvalue weighted by Gasteiger charge is 2.16. The predicted molar refractivity (Wildman–Crippen MR) is 106 cm³/mol. The van der Waals surface area contributed by atoms with Gasteiger partial charge in [-0.2, -0.15) is 0 Å². The Kier molecular flexibility index (Phi) is 6.34. The van der Waals surface area contributed by atoms with Gasteiger partial charge in [-0.25, -0.2) is 0 Å². The van der Waals surface area contributed by atoms with Crippen molar-refractivity contribution in [1.29, 1.82) is 0 Å². The first kappa shape index (κ1) is 18.7. The molecule has 0 aromatic heterocycles. The van der Waals surface area contributed by atoms with Crippen LogP contribution >= 0.6 is 0 Å². The lowest BCUT2D eigenvalue weighted by Crippen LogP contribution is -2.30. The minimum atomic E-state index is 0.0270. The summed E-state index contributed by atoms with van der Waals surface area (Å²) in [4.78, 5) is 21.4. The molecule has 0 spiro atoms. The zero-order valence-electron chi connectivity index (χ0n) is 15.8. The molecule has 1 amide bonds. The quantitative estimate of drug-likeness (QED) is 0.734. The van der Waals surface area contributed by atoms with E-state index in [2.05, 4.69) is 17.0 Å². The fourth-order valence-electron chi connectivity index (χ4n) is 2.69. The first-order valence-corrected chi connectivity index (χ1v) is 8.69. The average molecular weight is 337 g/mol. The summed E-state index contributed by atoms with van der Waals surface area (Å²) in [6.45, 7) is 7.35. The zero-order chi connectivity index (χ0) is 18.4. The van der Waals surface area contributed by atoms with Gasteiger partial charge in [-0.1, -0.05) is 24.3 Å². The van der Waals surface area contributed by atoms with Gasteiger partial charge in [-0.3, -0.25) is 9.79 Å². The highest BCUT2D eigenvalue weighted by Crippen LogP contribution is 2.23. The number of nitrogens with zero attached hydrogens (tertiary/aromatic N) is 3. The van der Waals surface area contributed by atoms with E-state index in [1.54, 1.807) is 0 Å². The third kappa shape index (κ3) is 4.47. The lowest BCUT2D eigenvalue weighted by atomic mass is 10.1. The second-order valence-corrected chi connectivity index (χ2v) is 6.14. The van der Waals surface area contributed by atoms with Crippen molar-refractivity contribution < 1.29 is 4.79 Å². The molecule has 25 heavy (non-hydrogen) atoms. The molecule has 0 saturated heterocycles. The lowest BCUT2D eigenvalue weighted by molar-refractivity contribution is 0.0774. The number of amides is 1. The van der Waals surface area contributed by atoms with Crippen LogP contribution in [0.1, 0.15) is 36.7 Å². The molecule has 132 valence electrons. The number of hydrogen-bond donors (Lipinski definition) is 0. The monoisotopic (exact) mass is 337 g/mol. The van der Waals surface area contributed by atoms with Crippen LogP contribution in [0.2, 0.25) is 0 Å². The number of carbonyl (C=O) groups is 1. The molecule has 4 heteroatoms. The fourth-order valence-corrected chi connectivity index (χ4v) is 2.69. The van der Waals surface area contributed by atoms with Gasteiger partial charge in [0.15, 0.2) is 0 Å². The van der Waals surface area contributed by atoms with Crippen molar-refractivity contribution in [2.45, 2.75) is 20.8 Å². The Morgan fingerprint density at radius 3 is 2.32 bits per heavy atom. The number of para-hydroxylation sites is 1. The topological polar surface area (TPSA) is 35.9 Å². The Morgan fingerprint density at radius 2 is 1.68 bits per heavy atom. The number of anilines is 1. The van der Waals surface area contributed by atoms with E-state index in [0.29, 0.717) is 24.3 Å². The van der Waals surface area contributed by atoms with E-state index < -0.39 is 0 Å². The van der Waals surface area contributed by atoms with Gasteiger partial charge in [-0.15, -0.1) is 0 Å². The lowest BCUT2D eigenvalue weighted by Gasteiger charge is -2.19. The molecule has 0 fully saturated rings. The molecule has 0 atom stereocenters. The van der Waals surface area contributed by atoms with E-state index in [0.717, 1.165) is 17.0 Å². The highest BCUT2D eigenvalue weighted by atomic mass is 16.2. The maximum atomic E-state index is 12.7. The standard InChI is InChI=1S/C21H27N3O/c1-6-24(7-2)21(25)19-13-8-9-14-20(19)22-16(3)17-11-10-12-18(15-17)23(4)5/h8-15H,6-7H2,1-5H3. The van der Waals surface area contributed by atoms with Crippen molar-refractivity contribution in [3.8, 4) is 0 Å². The Balaban J connectivity index is 2.41. The smallest absolute Gasteiger partial charge is 0.256 e. The molecule has 0 N–H and O–H groups in total. The van der Waals surface area contributed by atoms with E-state index in [4.69, 9.17) is 4.99 Å². The van der Waals surface area contributed by atoms with Crippen molar-refractivity contribution in [3.05, 3.63) is 59.7 Å². The van der Waals surface area contributed by atoms with Crippen LogP contribution in [0.25, 0.3) is 0 Å². The summed E-state index contributed by atoms with van der Waals surface area (Å²) >= 11 is 0. The Morgan fingerprint density at radius 1 is 1.00 bits per heavy atom. The van der Waals surface area contributed by atoms with Crippen LogP contribution in [0.4, 0.5) is 11.4 Å². The molecule has 0 heterocycles. The van der Waals surface area contributed by atoms with Crippen LogP contribution in [0, 0.1) is 0 Å². The summed E-state index contributed by atoms with van der Waals surface area (Å²) in [5, 5.41) is 0. The van der Waals surface area contributed by atoms with Gasteiger partial charge in [-0.05, 0) is 50.6 Å². The molecule has 2 aromatic rings. The molecule has 0 aliphatic carbocycles. The normalized spacial score (nSPS) is 11.3. The van der Waals surface area contributed by atoms with Crippen LogP contribution < -0.4 is 4.90 Å². The number of benzene rings is 2. The van der Waals surface area contributed by atoms with E-state index in [1.807, 2.05) is 76.2 Å². The Hall–Kier alpha value is -2.62. The third-order valence-corrected chi connectivity index (χ3v) is 4.25. The van der Waals surface area contributed by atoms with E-state index >= 15 is 0 Å². The van der Waals surface area contributed by atoms with Gasteiger partial charge >= 0.3 is 0 Å². The summed E-state index contributed by atoms with van der Waals surface area (Å²) < 4.78 is 0. The summed E-state index contributed by atoms with van der Waals surface area (Å²) in [6.07, 6.45) is 0. The molecular weight excluding hydrogens is 310 g/mol. The molecular formula is C21H27N3O. The highest BCUT2D eigenvalue weighted by molar-refractivity contribution is 6.04. The summed E-state index contributed by atoms with van der Waals surface area (Å²) in [6, 6.07) is 15.8. The number of hydrogen-bond acceptors (Lipinski definition) is 3. The van der Waals surface area contributed by atoms with Crippen LogP contribution in [-0.4, -0.2) is 43.7 Å². The van der Waals surface area contributed by atoms with Crippen molar-refractivity contribution in [2.75, 3.05) is 32.1 Å². The van der Waals surface area contributed by atoms with Gasteiger partial charge in [0.2, 0.25) is 0 Å². The SMILES string of the molecule is CCN(CC)C(=O)c1ccccc1N=C(C)c1cccc(N(C)C)c1. The van der Waals surface area contributed by atoms with Crippen LogP contribution in [-0.2, 0) is 0 Å². The van der Waals surface area contributed by atoms with Crippen molar-refractivity contribution in [1.82, 2.24) is 4.90 Å². The third-order valence-electron chi connectivity index (χ3n) is 4.25. The number of carbonyl (C=O) groups excluding carboxylic acids is 1. The van der Waals surface area contributed by atoms with Crippen molar-refractivity contribution in [2.24, 2.45) is 4.99 Å². The minimum Gasteiger partial charge on any atom is -0.378 e. The Bertz CT molecular complexity index is 761. The maximum Gasteiger partial charge on any atom is 0.256 e. The summed E-state index contributed by atoms with van der Waals surface area (Å²) in [7, 11) is 4.04. The van der Waals surface area contributed by atoms with Gasteiger partial charge in [0, 0.05) is 38.6 Å². The van der Waals surface area contributed by atoms with Crippen molar-refractivity contribution >= 4 is 23.0 Å². The van der Waals surface area contributed by atoms with E-state index in [-0.39, 0.29) is 5.91 Å². The molecule has 0 aliphatic rings. The molecule has 0 unspecified atom stereocenters. The summed E-state index contributed by atoms with van der Waals surface area (Å²) in [5.74, 6) is 0.0270. The first-order valence-electron chi connectivity index (χ1n) is 8.69. The molecule has 2 rings (SSSR count). The van der Waals surface area contributed by atoms with Gasteiger partial charge in [0.25, 0.3) is 5.91 Å². The largest absolute Gasteiger partial charge is 0.378 e.